The van der Waals surface area contributed by atoms with Gasteiger partial charge in [-0.2, -0.15) is 13.2 Å². The Labute approximate surface area is 97.3 Å². The summed E-state index contributed by atoms with van der Waals surface area (Å²) in [5, 5.41) is 0. The molecule has 0 saturated heterocycles. The van der Waals surface area contributed by atoms with Gasteiger partial charge in [-0.1, -0.05) is 0 Å². The molecule has 0 aromatic heterocycles. The third kappa shape index (κ3) is 2.82. The van der Waals surface area contributed by atoms with Crippen LogP contribution in [-0.2, 0) is 0 Å². The zero-order valence-electron chi connectivity index (χ0n) is 9.76. The Morgan fingerprint density at radius 1 is 1.12 bits per heavy atom. The van der Waals surface area contributed by atoms with Gasteiger partial charge in [0.1, 0.15) is 17.5 Å². The van der Waals surface area contributed by atoms with E-state index in [1.165, 1.54) is 26.4 Å². The summed E-state index contributed by atoms with van der Waals surface area (Å²) in [6, 6.07) is 0.637. The van der Waals surface area contributed by atoms with Crippen molar-refractivity contribution in [1.82, 2.24) is 0 Å². The van der Waals surface area contributed by atoms with Crippen molar-refractivity contribution in [3.8, 4) is 11.5 Å². The van der Waals surface area contributed by atoms with Gasteiger partial charge in [-0.25, -0.2) is 0 Å². The highest BCUT2D eigenvalue weighted by Gasteiger charge is 2.39. The van der Waals surface area contributed by atoms with E-state index in [4.69, 9.17) is 15.2 Å². The molecule has 17 heavy (non-hydrogen) atoms. The molecule has 0 aliphatic carbocycles. The first-order valence-corrected chi connectivity index (χ1v) is 4.86. The molecule has 0 spiro atoms. The third-order valence-corrected chi connectivity index (χ3v) is 2.43. The predicted octanol–water partition coefficient (Wildman–Crippen LogP) is 2.57. The fourth-order valence-electron chi connectivity index (χ4n) is 1.49. The predicted molar refractivity (Wildman–Crippen MR) is 57.3 cm³/mol. The van der Waals surface area contributed by atoms with Crippen molar-refractivity contribution in [3.63, 3.8) is 0 Å². The van der Waals surface area contributed by atoms with Crippen molar-refractivity contribution < 1.29 is 22.6 Å². The maximum Gasteiger partial charge on any atom is 0.407 e. The van der Waals surface area contributed by atoms with Gasteiger partial charge in [0.25, 0.3) is 0 Å². The lowest BCUT2D eigenvalue weighted by Crippen LogP contribution is -2.28. The highest BCUT2D eigenvalue weighted by molar-refractivity contribution is 5.47. The molecular formula is C11H14F3NO2. The van der Waals surface area contributed by atoms with Crippen LogP contribution in [0.2, 0.25) is 0 Å². The quantitative estimate of drug-likeness (QED) is 0.895. The number of hydrogen-bond donors (Lipinski definition) is 1. The van der Waals surface area contributed by atoms with Crippen LogP contribution in [0.5, 0.6) is 11.5 Å². The molecule has 0 aliphatic rings. The van der Waals surface area contributed by atoms with E-state index in [0.29, 0.717) is 11.3 Å². The summed E-state index contributed by atoms with van der Waals surface area (Å²) in [6.45, 7) is 1.71. The number of aryl methyl sites for hydroxylation is 1. The topological polar surface area (TPSA) is 44.5 Å². The monoisotopic (exact) mass is 249 g/mol. The smallest absolute Gasteiger partial charge is 0.407 e. The van der Waals surface area contributed by atoms with Crippen LogP contribution >= 0.6 is 0 Å². The normalized spacial score (nSPS) is 13.4. The molecule has 6 heteroatoms. The van der Waals surface area contributed by atoms with Crippen LogP contribution in [-0.4, -0.2) is 20.4 Å². The standard InChI is InChI=1S/C11H14F3NO2/c1-6-4-9(17-3)7(5-8(6)16-2)10(15)11(12,13)14/h4-5,10H,15H2,1-3H3. The Bertz CT molecular complexity index is 404. The van der Waals surface area contributed by atoms with E-state index in [2.05, 4.69) is 0 Å². The first kappa shape index (κ1) is 13.6. The largest absolute Gasteiger partial charge is 0.496 e. The van der Waals surface area contributed by atoms with Crippen LogP contribution in [0.15, 0.2) is 12.1 Å². The minimum absolute atomic E-state index is 0.105. The van der Waals surface area contributed by atoms with E-state index < -0.39 is 12.2 Å². The van der Waals surface area contributed by atoms with E-state index in [1.807, 2.05) is 0 Å². The fourth-order valence-corrected chi connectivity index (χ4v) is 1.49. The molecule has 0 saturated carbocycles. The molecule has 1 aromatic rings. The molecular weight excluding hydrogens is 235 g/mol. The molecule has 2 N–H and O–H groups in total. The van der Waals surface area contributed by atoms with E-state index in [-0.39, 0.29) is 11.3 Å². The Hall–Kier alpha value is -1.43. The van der Waals surface area contributed by atoms with E-state index in [1.54, 1.807) is 6.92 Å². The van der Waals surface area contributed by atoms with Crippen molar-refractivity contribution in [1.29, 1.82) is 0 Å². The number of alkyl halides is 3. The summed E-state index contributed by atoms with van der Waals surface area (Å²) in [5.41, 5.74) is 5.71. The average Bonchev–Trinajstić information content (AvgIpc) is 2.26. The highest BCUT2D eigenvalue weighted by atomic mass is 19.4. The number of benzene rings is 1. The minimum atomic E-state index is -4.52. The lowest BCUT2D eigenvalue weighted by atomic mass is 10.0. The van der Waals surface area contributed by atoms with Gasteiger partial charge in [-0.3, -0.25) is 0 Å². The van der Waals surface area contributed by atoms with Crippen molar-refractivity contribution in [2.45, 2.75) is 19.1 Å². The highest BCUT2D eigenvalue weighted by Crippen LogP contribution is 2.38. The minimum Gasteiger partial charge on any atom is -0.496 e. The van der Waals surface area contributed by atoms with Crippen LogP contribution in [0.25, 0.3) is 0 Å². The molecule has 1 atom stereocenters. The van der Waals surface area contributed by atoms with Gasteiger partial charge in [0, 0.05) is 5.56 Å². The second-order valence-electron chi connectivity index (χ2n) is 3.58. The van der Waals surface area contributed by atoms with Gasteiger partial charge < -0.3 is 15.2 Å². The van der Waals surface area contributed by atoms with Crippen LogP contribution in [0, 0.1) is 6.92 Å². The van der Waals surface area contributed by atoms with Gasteiger partial charge in [-0.05, 0) is 24.6 Å². The molecule has 0 radical (unpaired) electrons. The lowest BCUT2D eigenvalue weighted by molar-refractivity contribution is -0.149. The number of rotatable bonds is 3. The van der Waals surface area contributed by atoms with Crippen LogP contribution in [0.4, 0.5) is 13.2 Å². The zero-order chi connectivity index (χ0) is 13.2. The second kappa shape index (κ2) is 4.83. The molecule has 0 heterocycles. The Balaban J connectivity index is 3.30. The molecule has 1 unspecified atom stereocenters. The average molecular weight is 249 g/mol. The van der Waals surface area contributed by atoms with Crippen LogP contribution in [0.1, 0.15) is 17.2 Å². The van der Waals surface area contributed by atoms with Gasteiger partial charge >= 0.3 is 6.18 Å². The molecule has 0 aliphatic heterocycles. The summed E-state index contributed by atoms with van der Waals surface area (Å²) in [7, 11) is 2.69. The van der Waals surface area contributed by atoms with Crippen molar-refractivity contribution >= 4 is 0 Å². The Morgan fingerprint density at radius 3 is 2.06 bits per heavy atom. The molecule has 0 bridgehead atoms. The third-order valence-electron chi connectivity index (χ3n) is 2.43. The summed E-state index contributed by atoms with van der Waals surface area (Å²) < 4.78 is 47.6. The summed E-state index contributed by atoms with van der Waals surface area (Å²) in [4.78, 5) is 0. The van der Waals surface area contributed by atoms with E-state index >= 15 is 0 Å². The SMILES string of the molecule is COc1cc(C(N)C(F)(F)F)c(OC)cc1C. The first-order valence-electron chi connectivity index (χ1n) is 4.86. The summed E-state index contributed by atoms with van der Waals surface area (Å²) >= 11 is 0. The number of methoxy groups -OCH3 is 2. The second-order valence-corrected chi connectivity index (χ2v) is 3.58. The number of nitrogens with two attached hydrogens (primary N) is 1. The fraction of sp³-hybridized carbons (Fsp3) is 0.455. The van der Waals surface area contributed by atoms with Crippen molar-refractivity contribution in [2.75, 3.05) is 14.2 Å². The molecule has 1 aromatic carbocycles. The Morgan fingerprint density at radius 2 is 1.65 bits per heavy atom. The zero-order valence-corrected chi connectivity index (χ0v) is 9.76. The maximum atomic E-state index is 12.6. The lowest BCUT2D eigenvalue weighted by Gasteiger charge is -2.20. The molecule has 0 fully saturated rings. The van der Waals surface area contributed by atoms with Gasteiger partial charge in [0.2, 0.25) is 0 Å². The van der Waals surface area contributed by atoms with Gasteiger partial charge in [0.15, 0.2) is 0 Å². The first-order chi connectivity index (χ1) is 7.81. The van der Waals surface area contributed by atoms with Gasteiger partial charge in [-0.15, -0.1) is 0 Å². The number of hydrogen-bond acceptors (Lipinski definition) is 3. The molecule has 3 nitrogen and oxygen atoms in total. The van der Waals surface area contributed by atoms with E-state index in [0.717, 1.165) is 0 Å². The van der Waals surface area contributed by atoms with Crippen molar-refractivity contribution in [2.24, 2.45) is 5.73 Å². The number of halogens is 3. The van der Waals surface area contributed by atoms with Crippen LogP contribution < -0.4 is 15.2 Å². The number of ether oxygens (including phenoxy) is 2. The molecule has 96 valence electrons. The van der Waals surface area contributed by atoms with Crippen LogP contribution in [0.3, 0.4) is 0 Å². The summed E-state index contributed by atoms with van der Waals surface area (Å²) in [6.07, 6.45) is -4.52. The van der Waals surface area contributed by atoms with E-state index in [9.17, 15) is 13.2 Å². The van der Waals surface area contributed by atoms with Gasteiger partial charge in [0.05, 0.1) is 14.2 Å². The van der Waals surface area contributed by atoms with Crippen molar-refractivity contribution in [3.05, 3.63) is 23.3 Å². The molecule has 0 amide bonds. The Kier molecular flexibility index (Phi) is 3.87. The maximum absolute atomic E-state index is 12.6. The summed E-state index contributed by atoms with van der Waals surface area (Å²) in [5.74, 6) is 0.452. The molecule has 1 rings (SSSR count).